The highest BCUT2D eigenvalue weighted by atomic mass is 32.2. The Morgan fingerprint density at radius 3 is 2.57 bits per heavy atom. The SMILES string of the molecule is Cc1cc(C)c(C(NN)c2cc3c(s2)CCSC3)cc1C. The summed E-state index contributed by atoms with van der Waals surface area (Å²) in [5, 5.41) is 0. The second-order valence-electron chi connectivity index (χ2n) is 5.79. The maximum atomic E-state index is 5.90. The van der Waals surface area contributed by atoms with E-state index in [9.17, 15) is 0 Å². The van der Waals surface area contributed by atoms with Gasteiger partial charge in [-0.05, 0) is 66.8 Å². The minimum Gasteiger partial charge on any atom is -0.271 e. The summed E-state index contributed by atoms with van der Waals surface area (Å²) in [5.74, 6) is 8.30. The van der Waals surface area contributed by atoms with Gasteiger partial charge in [0.2, 0.25) is 0 Å². The number of nitrogens with one attached hydrogen (secondary N) is 1. The first kappa shape index (κ1) is 15.1. The summed E-state index contributed by atoms with van der Waals surface area (Å²) in [5.41, 5.74) is 9.82. The van der Waals surface area contributed by atoms with E-state index in [0.29, 0.717) is 0 Å². The van der Waals surface area contributed by atoms with Crippen molar-refractivity contribution in [2.45, 2.75) is 39.0 Å². The molecule has 1 aromatic carbocycles. The van der Waals surface area contributed by atoms with Gasteiger partial charge in [0.1, 0.15) is 0 Å². The maximum absolute atomic E-state index is 5.90. The Morgan fingerprint density at radius 2 is 1.86 bits per heavy atom. The maximum Gasteiger partial charge on any atom is 0.0805 e. The topological polar surface area (TPSA) is 38.0 Å². The van der Waals surface area contributed by atoms with Gasteiger partial charge in [0.25, 0.3) is 0 Å². The fraction of sp³-hybridized carbons (Fsp3) is 0.412. The van der Waals surface area contributed by atoms with Gasteiger partial charge in [0.05, 0.1) is 6.04 Å². The zero-order chi connectivity index (χ0) is 15.0. The van der Waals surface area contributed by atoms with Crippen LogP contribution in [-0.2, 0) is 12.2 Å². The highest BCUT2D eigenvalue weighted by Crippen LogP contribution is 2.37. The Morgan fingerprint density at radius 1 is 1.10 bits per heavy atom. The van der Waals surface area contributed by atoms with E-state index in [1.807, 2.05) is 23.1 Å². The number of thiophene rings is 1. The Hall–Kier alpha value is -0.810. The number of hydrogen-bond acceptors (Lipinski definition) is 4. The third kappa shape index (κ3) is 2.90. The number of thioether (sulfide) groups is 1. The van der Waals surface area contributed by atoms with E-state index in [-0.39, 0.29) is 6.04 Å². The molecule has 1 aliphatic heterocycles. The van der Waals surface area contributed by atoms with Gasteiger partial charge in [0, 0.05) is 15.5 Å². The van der Waals surface area contributed by atoms with E-state index in [4.69, 9.17) is 5.84 Å². The quantitative estimate of drug-likeness (QED) is 0.663. The molecule has 0 fully saturated rings. The number of fused-ring (bicyclic) bond motifs is 1. The molecule has 1 aliphatic rings. The fourth-order valence-corrected chi connectivity index (χ4v) is 5.39. The molecule has 0 bridgehead atoms. The van der Waals surface area contributed by atoms with Crippen molar-refractivity contribution in [2.24, 2.45) is 5.84 Å². The van der Waals surface area contributed by atoms with Crippen LogP contribution in [0.4, 0.5) is 0 Å². The smallest absolute Gasteiger partial charge is 0.0805 e. The second-order valence-corrected chi connectivity index (χ2v) is 8.07. The van der Waals surface area contributed by atoms with Crippen molar-refractivity contribution >= 4 is 23.1 Å². The Labute approximate surface area is 135 Å². The molecular formula is C17H22N2S2. The third-order valence-electron chi connectivity index (χ3n) is 4.29. The van der Waals surface area contributed by atoms with Crippen LogP contribution in [0.2, 0.25) is 0 Å². The normalized spacial score (nSPS) is 15.8. The third-order valence-corrected chi connectivity index (χ3v) is 6.60. The van der Waals surface area contributed by atoms with Gasteiger partial charge >= 0.3 is 0 Å². The van der Waals surface area contributed by atoms with Crippen LogP contribution >= 0.6 is 23.1 Å². The van der Waals surface area contributed by atoms with Crippen molar-refractivity contribution in [3.8, 4) is 0 Å². The molecule has 1 atom stereocenters. The van der Waals surface area contributed by atoms with Crippen LogP contribution < -0.4 is 11.3 Å². The molecular weight excluding hydrogens is 296 g/mol. The van der Waals surface area contributed by atoms with Crippen LogP contribution in [0, 0.1) is 20.8 Å². The van der Waals surface area contributed by atoms with Crippen LogP contribution in [0.25, 0.3) is 0 Å². The summed E-state index contributed by atoms with van der Waals surface area (Å²) >= 11 is 3.95. The number of benzene rings is 1. The zero-order valence-corrected chi connectivity index (χ0v) is 14.5. The van der Waals surface area contributed by atoms with Gasteiger partial charge in [-0.15, -0.1) is 11.3 Å². The van der Waals surface area contributed by atoms with Crippen molar-refractivity contribution in [2.75, 3.05) is 5.75 Å². The van der Waals surface area contributed by atoms with Gasteiger partial charge in [-0.2, -0.15) is 11.8 Å². The van der Waals surface area contributed by atoms with Gasteiger partial charge < -0.3 is 0 Å². The average molecular weight is 319 g/mol. The molecule has 21 heavy (non-hydrogen) atoms. The van der Waals surface area contributed by atoms with Gasteiger partial charge in [-0.1, -0.05) is 12.1 Å². The standard InChI is InChI=1S/C17H22N2S2/c1-10-6-12(3)14(7-11(10)2)17(19-18)16-8-13-9-20-5-4-15(13)21-16/h6-8,17,19H,4-5,9,18H2,1-3H3. The van der Waals surface area contributed by atoms with Crippen LogP contribution in [-0.4, -0.2) is 5.75 Å². The number of hydrogen-bond donors (Lipinski definition) is 2. The fourth-order valence-electron chi connectivity index (χ4n) is 2.93. The second kappa shape index (κ2) is 6.13. The summed E-state index contributed by atoms with van der Waals surface area (Å²) in [6.07, 6.45) is 1.20. The molecule has 2 nitrogen and oxygen atoms in total. The van der Waals surface area contributed by atoms with Crippen molar-refractivity contribution in [3.63, 3.8) is 0 Å². The lowest BCUT2D eigenvalue weighted by Gasteiger charge is -2.19. The van der Waals surface area contributed by atoms with E-state index < -0.39 is 0 Å². The Balaban J connectivity index is 2.02. The minimum atomic E-state index is 0.102. The monoisotopic (exact) mass is 318 g/mol. The van der Waals surface area contributed by atoms with Gasteiger partial charge in [0.15, 0.2) is 0 Å². The summed E-state index contributed by atoms with van der Waals surface area (Å²) in [6.45, 7) is 6.51. The molecule has 0 amide bonds. The number of aryl methyl sites for hydroxylation is 4. The number of hydrazine groups is 1. The van der Waals surface area contributed by atoms with Crippen LogP contribution in [0.15, 0.2) is 18.2 Å². The predicted octanol–water partition coefficient (Wildman–Crippen LogP) is 4.02. The molecule has 0 saturated heterocycles. The van der Waals surface area contributed by atoms with Crippen molar-refractivity contribution < 1.29 is 0 Å². The summed E-state index contributed by atoms with van der Waals surface area (Å²) < 4.78 is 0. The van der Waals surface area contributed by atoms with Crippen molar-refractivity contribution in [1.82, 2.24) is 5.43 Å². The molecule has 3 rings (SSSR count). The van der Waals surface area contributed by atoms with E-state index in [1.165, 1.54) is 44.9 Å². The lowest BCUT2D eigenvalue weighted by Crippen LogP contribution is -2.28. The first-order valence-corrected chi connectivity index (χ1v) is 9.30. The summed E-state index contributed by atoms with van der Waals surface area (Å²) in [6, 6.07) is 7.00. The molecule has 0 radical (unpaired) electrons. The van der Waals surface area contributed by atoms with E-state index in [2.05, 4.69) is 44.4 Å². The molecule has 4 heteroatoms. The lowest BCUT2D eigenvalue weighted by atomic mass is 9.95. The highest BCUT2D eigenvalue weighted by molar-refractivity contribution is 7.98. The molecule has 0 spiro atoms. The Kier molecular flexibility index (Phi) is 4.41. The largest absolute Gasteiger partial charge is 0.271 e. The lowest BCUT2D eigenvalue weighted by molar-refractivity contribution is 0.642. The van der Waals surface area contributed by atoms with Gasteiger partial charge in [-0.3, -0.25) is 5.84 Å². The number of nitrogens with two attached hydrogens (primary N) is 1. The van der Waals surface area contributed by atoms with Gasteiger partial charge in [-0.25, -0.2) is 5.43 Å². The minimum absolute atomic E-state index is 0.102. The number of rotatable bonds is 3. The molecule has 2 aromatic rings. The Bertz CT molecular complexity index is 638. The van der Waals surface area contributed by atoms with Crippen molar-refractivity contribution in [3.05, 3.63) is 55.8 Å². The molecule has 1 aromatic heterocycles. The molecule has 2 heterocycles. The molecule has 3 N–H and O–H groups in total. The molecule has 0 aliphatic carbocycles. The van der Waals surface area contributed by atoms with Crippen LogP contribution in [0.5, 0.6) is 0 Å². The highest BCUT2D eigenvalue weighted by Gasteiger charge is 2.21. The van der Waals surface area contributed by atoms with Crippen molar-refractivity contribution in [1.29, 1.82) is 0 Å². The van der Waals surface area contributed by atoms with Crippen LogP contribution in [0.1, 0.15) is 43.6 Å². The average Bonchev–Trinajstić information content (AvgIpc) is 2.88. The summed E-state index contributed by atoms with van der Waals surface area (Å²) in [7, 11) is 0. The molecule has 112 valence electrons. The zero-order valence-electron chi connectivity index (χ0n) is 12.8. The van der Waals surface area contributed by atoms with E-state index in [0.717, 1.165) is 5.75 Å². The molecule has 1 unspecified atom stereocenters. The molecule has 0 saturated carbocycles. The predicted molar refractivity (Wildman–Crippen MR) is 94.0 cm³/mol. The van der Waals surface area contributed by atoms with E-state index in [1.54, 1.807) is 4.88 Å². The van der Waals surface area contributed by atoms with E-state index >= 15 is 0 Å². The summed E-state index contributed by atoms with van der Waals surface area (Å²) in [4.78, 5) is 2.89. The first-order valence-electron chi connectivity index (χ1n) is 7.33. The first-order chi connectivity index (χ1) is 10.1. The van der Waals surface area contributed by atoms with Crippen LogP contribution in [0.3, 0.4) is 0 Å².